The number of H-pyrrole nitrogens is 1. The zero-order valence-corrected chi connectivity index (χ0v) is 12.6. The zero-order valence-electron chi connectivity index (χ0n) is 12.6. The van der Waals surface area contributed by atoms with Gasteiger partial charge in [0.15, 0.2) is 0 Å². The van der Waals surface area contributed by atoms with Gasteiger partial charge in [0.25, 0.3) is 0 Å². The molecule has 0 unspecified atom stereocenters. The Balaban J connectivity index is 1.70. The number of aromatic amines is 1. The number of para-hydroxylation sites is 1. The molecule has 1 spiro atoms. The first kappa shape index (κ1) is 13.8. The van der Waals surface area contributed by atoms with Gasteiger partial charge in [-0.25, -0.2) is 0 Å². The lowest BCUT2D eigenvalue weighted by atomic mass is 9.83. The molecule has 3 heterocycles. The van der Waals surface area contributed by atoms with Crippen molar-refractivity contribution < 1.29 is 9.53 Å². The summed E-state index contributed by atoms with van der Waals surface area (Å²) in [6.07, 6.45) is 2.61. The molecule has 5 heteroatoms. The van der Waals surface area contributed by atoms with Crippen molar-refractivity contribution in [3.8, 4) is 0 Å². The Morgan fingerprint density at radius 3 is 2.86 bits per heavy atom. The van der Waals surface area contributed by atoms with Crippen molar-refractivity contribution in [2.75, 3.05) is 26.2 Å². The van der Waals surface area contributed by atoms with E-state index in [0.717, 1.165) is 25.9 Å². The molecular weight excluding hydrogens is 278 g/mol. The molecule has 2 aliphatic heterocycles. The summed E-state index contributed by atoms with van der Waals surface area (Å²) in [5.74, 6) is 0.0301. The maximum absolute atomic E-state index is 11.8. The van der Waals surface area contributed by atoms with Crippen LogP contribution in [0.1, 0.15) is 24.1 Å². The fourth-order valence-electron chi connectivity index (χ4n) is 3.91. The SMILES string of the molecule is NCC(=O)N1CCC2(CC1)OCCc1c2[nH]c2ccccc12. The fourth-order valence-corrected chi connectivity index (χ4v) is 3.91. The summed E-state index contributed by atoms with van der Waals surface area (Å²) < 4.78 is 6.22. The Kier molecular flexibility index (Phi) is 3.20. The number of nitrogens with one attached hydrogen (secondary N) is 1. The number of fused-ring (bicyclic) bond motifs is 4. The van der Waals surface area contributed by atoms with Gasteiger partial charge < -0.3 is 20.4 Å². The second kappa shape index (κ2) is 5.11. The lowest BCUT2D eigenvalue weighted by Crippen LogP contribution is -2.49. The van der Waals surface area contributed by atoms with Gasteiger partial charge in [-0.1, -0.05) is 18.2 Å². The Labute approximate surface area is 129 Å². The monoisotopic (exact) mass is 299 g/mol. The molecule has 1 aromatic carbocycles. The van der Waals surface area contributed by atoms with E-state index < -0.39 is 0 Å². The van der Waals surface area contributed by atoms with Crippen LogP contribution in [-0.2, 0) is 21.6 Å². The van der Waals surface area contributed by atoms with E-state index in [1.807, 2.05) is 4.90 Å². The number of likely N-dealkylation sites (tertiary alicyclic amines) is 1. The van der Waals surface area contributed by atoms with Gasteiger partial charge in [0.2, 0.25) is 5.91 Å². The van der Waals surface area contributed by atoms with Crippen molar-refractivity contribution in [2.24, 2.45) is 5.73 Å². The molecule has 22 heavy (non-hydrogen) atoms. The maximum atomic E-state index is 11.8. The molecule has 3 N–H and O–H groups in total. The number of benzene rings is 1. The number of aromatic nitrogens is 1. The summed E-state index contributed by atoms with van der Waals surface area (Å²) in [6.45, 7) is 2.26. The van der Waals surface area contributed by atoms with E-state index in [1.165, 1.54) is 22.2 Å². The van der Waals surface area contributed by atoms with E-state index in [1.54, 1.807) is 0 Å². The van der Waals surface area contributed by atoms with Gasteiger partial charge in [0.1, 0.15) is 5.60 Å². The van der Waals surface area contributed by atoms with E-state index in [4.69, 9.17) is 10.5 Å². The second-order valence-corrected chi connectivity index (χ2v) is 6.20. The van der Waals surface area contributed by atoms with Gasteiger partial charge in [0, 0.05) is 24.0 Å². The predicted molar refractivity (Wildman–Crippen MR) is 84.5 cm³/mol. The highest BCUT2D eigenvalue weighted by molar-refractivity contribution is 5.85. The third-order valence-corrected chi connectivity index (χ3v) is 5.10. The van der Waals surface area contributed by atoms with Gasteiger partial charge in [-0.3, -0.25) is 4.79 Å². The van der Waals surface area contributed by atoms with Gasteiger partial charge in [-0.05, 0) is 30.9 Å². The number of piperidine rings is 1. The van der Waals surface area contributed by atoms with E-state index in [0.29, 0.717) is 13.1 Å². The lowest BCUT2D eigenvalue weighted by Gasteiger charge is -2.43. The van der Waals surface area contributed by atoms with Crippen LogP contribution in [0.2, 0.25) is 0 Å². The summed E-state index contributed by atoms with van der Waals surface area (Å²) in [5.41, 5.74) is 9.00. The van der Waals surface area contributed by atoms with Gasteiger partial charge in [-0.2, -0.15) is 0 Å². The number of hydrogen-bond donors (Lipinski definition) is 2. The van der Waals surface area contributed by atoms with Crippen LogP contribution in [0.25, 0.3) is 10.9 Å². The quantitative estimate of drug-likeness (QED) is 0.838. The predicted octanol–water partition coefficient (Wildman–Crippen LogP) is 1.52. The van der Waals surface area contributed by atoms with Gasteiger partial charge in [-0.15, -0.1) is 0 Å². The van der Waals surface area contributed by atoms with Crippen LogP contribution in [0.15, 0.2) is 24.3 Å². The summed E-state index contributed by atoms with van der Waals surface area (Å²) in [6, 6.07) is 8.44. The largest absolute Gasteiger partial charge is 0.368 e. The van der Waals surface area contributed by atoms with Gasteiger partial charge >= 0.3 is 0 Å². The normalized spacial score (nSPS) is 20.3. The molecule has 1 aromatic heterocycles. The smallest absolute Gasteiger partial charge is 0.236 e. The highest BCUT2D eigenvalue weighted by Gasteiger charge is 2.43. The van der Waals surface area contributed by atoms with E-state index in [-0.39, 0.29) is 18.1 Å². The van der Waals surface area contributed by atoms with E-state index >= 15 is 0 Å². The average molecular weight is 299 g/mol. The molecule has 0 saturated carbocycles. The molecule has 0 bridgehead atoms. The van der Waals surface area contributed by atoms with E-state index in [9.17, 15) is 4.79 Å². The third-order valence-electron chi connectivity index (χ3n) is 5.10. The maximum Gasteiger partial charge on any atom is 0.236 e. The van der Waals surface area contributed by atoms with Crippen LogP contribution in [0.5, 0.6) is 0 Å². The fraction of sp³-hybridized carbons (Fsp3) is 0.471. The number of rotatable bonds is 1. The van der Waals surface area contributed by atoms with Crippen molar-refractivity contribution >= 4 is 16.8 Å². The number of carbonyl (C=O) groups excluding carboxylic acids is 1. The summed E-state index contributed by atoms with van der Waals surface area (Å²) in [5, 5.41) is 1.31. The minimum Gasteiger partial charge on any atom is -0.368 e. The molecule has 1 fully saturated rings. The zero-order chi connectivity index (χ0) is 15.2. The molecule has 0 aliphatic carbocycles. The molecule has 1 saturated heterocycles. The van der Waals surface area contributed by atoms with Gasteiger partial charge in [0.05, 0.1) is 18.8 Å². The van der Waals surface area contributed by atoms with Crippen molar-refractivity contribution in [1.82, 2.24) is 9.88 Å². The molecule has 116 valence electrons. The second-order valence-electron chi connectivity index (χ2n) is 6.20. The molecule has 4 rings (SSSR count). The van der Waals surface area contributed by atoms with Crippen LogP contribution in [0, 0.1) is 0 Å². The molecule has 1 amide bonds. The Bertz CT molecular complexity index is 714. The summed E-state index contributed by atoms with van der Waals surface area (Å²) in [4.78, 5) is 17.2. The number of nitrogens with two attached hydrogens (primary N) is 1. The van der Waals surface area contributed by atoms with Crippen molar-refractivity contribution in [3.63, 3.8) is 0 Å². The van der Waals surface area contributed by atoms with Crippen LogP contribution in [-0.4, -0.2) is 42.0 Å². The standard InChI is InChI=1S/C17H21N3O2/c18-11-15(21)20-8-6-17(7-9-20)16-13(5-10-22-17)12-3-1-2-4-14(12)19-16/h1-4,19H,5-11,18H2. The van der Waals surface area contributed by atoms with Crippen LogP contribution < -0.4 is 5.73 Å². The minimum absolute atomic E-state index is 0.0301. The Morgan fingerprint density at radius 1 is 1.32 bits per heavy atom. The number of carbonyl (C=O) groups is 1. The molecular formula is C17H21N3O2. The van der Waals surface area contributed by atoms with Crippen LogP contribution >= 0.6 is 0 Å². The van der Waals surface area contributed by atoms with Crippen LogP contribution in [0.3, 0.4) is 0 Å². The van der Waals surface area contributed by atoms with Crippen molar-refractivity contribution in [1.29, 1.82) is 0 Å². The molecule has 2 aromatic rings. The van der Waals surface area contributed by atoms with Crippen LogP contribution in [0.4, 0.5) is 0 Å². The number of amides is 1. The third kappa shape index (κ3) is 1.96. The number of hydrogen-bond acceptors (Lipinski definition) is 3. The average Bonchev–Trinajstić information content (AvgIpc) is 2.96. The van der Waals surface area contributed by atoms with E-state index in [2.05, 4.69) is 29.2 Å². The summed E-state index contributed by atoms with van der Waals surface area (Å²) in [7, 11) is 0. The first-order valence-electron chi connectivity index (χ1n) is 7.95. The Hall–Kier alpha value is -1.85. The van der Waals surface area contributed by atoms with Crippen molar-refractivity contribution in [3.05, 3.63) is 35.5 Å². The number of ether oxygens (including phenoxy) is 1. The molecule has 0 radical (unpaired) electrons. The first-order chi connectivity index (χ1) is 10.7. The number of nitrogens with zero attached hydrogens (tertiary/aromatic N) is 1. The molecule has 0 atom stereocenters. The molecule has 2 aliphatic rings. The minimum atomic E-state index is -0.266. The lowest BCUT2D eigenvalue weighted by molar-refractivity contribution is -0.139. The highest BCUT2D eigenvalue weighted by Crippen LogP contribution is 2.43. The Morgan fingerprint density at radius 2 is 2.09 bits per heavy atom. The van der Waals surface area contributed by atoms with Crippen molar-refractivity contribution in [2.45, 2.75) is 24.9 Å². The highest BCUT2D eigenvalue weighted by atomic mass is 16.5. The topological polar surface area (TPSA) is 71.3 Å². The first-order valence-corrected chi connectivity index (χ1v) is 7.95. The summed E-state index contributed by atoms with van der Waals surface area (Å²) >= 11 is 0. The molecule has 5 nitrogen and oxygen atoms in total.